The predicted molar refractivity (Wildman–Crippen MR) is 90.6 cm³/mol. The molecule has 0 heterocycles. The zero-order valence-corrected chi connectivity index (χ0v) is 13.6. The summed E-state index contributed by atoms with van der Waals surface area (Å²) in [5, 5.41) is 2.12. The van der Waals surface area contributed by atoms with Crippen LogP contribution in [0.15, 0.2) is 42.1 Å². The zero-order chi connectivity index (χ0) is 16.5. The highest BCUT2D eigenvalue weighted by Crippen LogP contribution is 2.27. The van der Waals surface area contributed by atoms with Crippen molar-refractivity contribution in [1.29, 1.82) is 0 Å². The Morgan fingerprint density at radius 1 is 1.18 bits per heavy atom. The normalized spacial score (nSPS) is 10.6. The van der Waals surface area contributed by atoms with Crippen molar-refractivity contribution < 1.29 is 14.3 Å². The van der Waals surface area contributed by atoms with E-state index in [0.29, 0.717) is 12.4 Å². The number of nitrogens with two attached hydrogens (primary N) is 1. The Bertz CT molecular complexity index is 662. The number of hydrogen-bond acceptors (Lipinski definition) is 4. The average Bonchev–Trinajstić information content (AvgIpc) is 2.56. The predicted octanol–water partition coefficient (Wildman–Crippen LogP) is 3.74. The molecule has 2 aromatic rings. The van der Waals surface area contributed by atoms with Gasteiger partial charge >= 0.3 is 5.97 Å². The van der Waals surface area contributed by atoms with E-state index >= 15 is 0 Å². The number of ether oxygens (including phenoxy) is 2. The molecule has 4 nitrogen and oxygen atoms in total. The second-order valence-electron chi connectivity index (χ2n) is 4.26. The van der Waals surface area contributed by atoms with E-state index in [1.54, 1.807) is 20.1 Å². The summed E-state index contributed by atoms with van der Waals surface area (Å²) in [7, 11) is 1.59. The highest BCUT2D eigenvalue weighted by Gasteiger charge is 2.09. The molecule has 0 aliphatic carbocycles. The first kappa shape index (κ1) is 17.6. The van der Waals surface area contributed by atoms with Crippen molar-refractivity contribution in [3.05, 3.63) is 47.7 Å². The average molecular weight is 301 g/mol. The smallest absolute Gasteiger partial charge is 0.354 e. The van der Waals surface area contributed by atoms with Gasteiger partial charge in [0.1, 0.15) is 11.4 Å². The largest absolute Gasteiger partial charge is 0.496 e. The van der Waals surface area contributed by atoms with Crippen molar-refractivity contribution in [3.63, 3.8) is 0 Å². The van der Waals surface area contributed by atoms with Gasteiger partial charge in [-0.3, -0.25) is 0 Å². The maximum absolute atomic E-state index is 11.6. The van der Waals surface area contributed by atoms with E-state index in [1.807, 2.05) is 50.2 Å². The van der Waals surface area contributed by atoms with E-state index < -0.39 is 5.97 Å². The molecule has 0 bridgehead atoms. The molecule has 0 atom stereocenters. The van der Waals surface area contributed by atoms with Crippen molar-refractivity contribution in [1.82, 2.24) is 0 Å². The Morgan fingerprint density at radius 2 is 1.77 bits per heavy atom. The molecule has 0 amide bonds. The summed E-state index contributed by atoms with van der Waals surface area (Å²) < 4.78 is 10.2. The topological polar surface area (TPSA) is 61.5 Å². The minimum Gasteiger partial charge on any atom is -0.496 e. The number of carbonyl (C=O) groups is 1. The van der Waals surface area contributed by atoms with Gasteiger partial charge in [-0.1, -0.05) is 38.1 Å². The first-order valence-corrected chi connectivity index (χ1v) is 7.36. The van der Waals surface area contributed by atoms with Crippen molar-refractivity contribution in [3.8, 4) is 5.75 Å². The molecule has 2 rings (SSSR count). The van der Waals surface area contributed by atoms with Crippen LogP contribution < -0.4 is 10.5 Å². The van der Waals surface area contributed by atoms with Gasteiger partial charge in [-0.15, -0.1) is 0 Å². The lowest BCUT2D eigenvalue weighted by Gasteiger charge is -2.08. The van der Waals surface area contributed by atoms with E-state index in [-0.39, 0.29) is 5.70 Å². The molecule has 0 aliphatic rings. The molecule has 0 fully saturated rings. The fourth-order valence-corrected chi connectivity index (χ4v) is 1.97. The number of esters is 1. The number of fused-ring (bicyclic) bond motifs is 1. The molecule has 0 radical (unpaired) electrons. The van der Waals surface area contributed by atoms with Crippen LogP contribution in [-0.2, 0) is 9.53 Å². The van der Waals surface area contributed by atoms with Gasteiger partial charge in [0, 0.05) is 5.56 Å². The Kier molecular flexibility index (Phi) is 6.96. The van der Waals surface area contributed by atoms with Gasteiger partial charge < -0.3 is 15.2 Å². The van der Waals surface area contributed by atoms with Crippen LogP contribution in [0.1, 0.15) is 26.3 Å². The molecule has 0 spiro atoms. The molecule has 0 aromatic heterocycles. The molecule has 0 aliphatic heterocycles. The first-order chi connectivity index (χ1) is 10.7. The lowest BCUT2D eigenvalue weighted by atomic mass is 10.0. The Morgan fingerprint density at radius 3 is 2.32 bits per heavy atom. The van der Waals surface area contributed by atoms with Gasteiger partial charge in [0.2, 0.25) is 0 Å². The molecule has 118 valence electrons. The lowest BCUT2D eigenvalue weighted by Crippen LogP contribution is -2.14. The third-order valence-corrected chi connectivity index (χ3v) is 2.92. The highest BCUT2D eigenvalue weighted by atomic mass is 16.5. The second-order valence-corrected chi connectivity index (χ2v) is 4.26. The number of benzene rings is 2. The van der Waals surface area contributed by atoms with E-state index in [0.717, 1.165) is 16.3 Å². The summed E-state index contributed by atoms with van der Waals surface area (Å²) >= 11 is 0. The minimum absolute atomic E-state index is 0.0560. The van der Waals surface area contributed by atoms with Gasteiger partial charge in [0.25, 0.3) is 0 Å². The maximum Gasteiger partial charge on any atom is 0.354 e. The van der Waals surface area contributed by atoms with E-state index in [9.17, 15) is 4.79 Å². The van der Waals surface area contributed by atoms with Crippen molar-refractivity contribution in [2.75, 3.05) is 13.7 Å². The second kappa shape index (κ2) is 8.72. The standard InChI is InChI=1S/C16H17NO3.C2H6/c1-3-20-16(18)14(17)9-13-8-11-6-4-5-7-12(11)10-15(13)19-2;1-2/h4-10H,3,17H2,1-2H3;1-2H3/b14-9-;. The maximum atomic E-state index is 11.6. The van der Waals surface area contributed by atoms with E-state index in [2.05, 4.69) is 0 Å². The zero-order valence-electron chi connectivity index (χ0n) is 13.6. The molecule has 4 heteroatoms. The summed E-state index contributed by atoms with van der Waals surface area (Å²) in [6, 6.07) is 11.8. The summed E-state index contributed by atoms with van der Waals surface area (Å²) in [6.07, 6.45) is 1.57. The van der Waals surface area contributed by atoms with Crippen LogP contribution in [-0.4, -0.2) is 19.7 Å². The summed E-state index contributed by atoms with van der Waals surface area (Å²) in [4.78, 5) is 11.6. The molecule has 22 heavy (non-hydrogen) atoms. The first-order valence-electron chi connectivity index (χ1n) is 7.36. The van der Waals surface area contributed by atoms with Crippen LogP contribution in [0.3, 0.4) is 0 Å². The SMILES string of the molecule is CC.CCOC(=O)/C(N)=C/c1cc2ccccc2cc1OC. The molecular weight excluding hydrogens is 278 g/mol. The molecule has 0 saturated carbocycles. The summed E-state index contributed by atoms with van der Waals surface area (Å²) in [6.45, 7) is 6.03. The monoisotopic (exact) mass is 301 g/mol. The third-order valence-electron chi connectivity index (χ3n) is 2.92. The highest BCUT2D eigenvalue weighted by molar-refractivity contribution is 5.95. The minimum atomic E-state index is -0.525. The Hall–Kier alpha value is -2.49. The van der Waals surface area contributed by atoms with Gasteiger partial charge in [-0.2, -0.15) is 0 Å². The van der Waals surface area contributed by atoms with Crippen molar-refractivity contribution in [2.24, 2.45) is 5.73 Å². The van der Waals surface area contributed by atoms with Crippen LogP contribution in [0.4, 0.5) is 0 Å². The quantitative estimate of drug-likeness (QED) is 0.690. The Labute approximate surface area is 131 Å². The molecular formula is C18H23NO3. The van der Waals surface area contributed by atoms with Gasteiger partial charge in [-0.05, 0) is 35.9 Å². The summed E-state index contributed by atoms with van der Waals surface area (Å²) in [5.74, 6) is 0.138. The molecule has 2 aromatic carbocycles. The van der Waals surface area contributed by atoms with Gasteiger partial charge in [0.15, 0.2) is 0 Å². The number of hydrogen-bond donors (Lipinski definition) is 1. The molecule has 0 saturated heterocycles. The number of rotatable bonds is 4. The lowest BCUT2D eigenvalue weighted by molar-refractivity contribution is -0.138. The van der Waals surface area contributed by atoms with Crippen LogP contribution in [0.5, 0.6) is 5.75 Å². The van der Waals surface area contributed by atoms with Crippen LogP contribution in [0, 0.1) is 0 Å². The number of methoxy groups -OCH3 is 1. The van der Waals surface area contributed by atoms with E-state index in [1.165, 1.54) is 0 Å². The van der Waals surface area contributed by atoms with Gasteiger partial charge in [0.05, 0.1) is 13.7 Å². The van der Waals surface area contributed by atoms with Crippen molar-refractivity contribution in [2.45, 2.75) is 20.8 Å². The fraction of sp³-hybridized carbons (Fsp3) is 0.278. The molecule has 2 N–H and O–H groups in total. The van der Waals surface area contributed by atoms with E-state index in [4.69, 9.17) is 15.2 Å². The molecule has 0 unspecified atom stereocenters. The van der Waals surface area contributed by atoms with Crippen molar-refractivity contribution >= 4 is 22.8 Å². The summed E-state index contributed by atoms with van der Waals surface area (Å²) in [5.41, 5.74) is 6.54. The number of carbonyl (C=O) groups excluding carboxylic acids is 1. The Balaban J connectivity index is 0.00000116. The van der Waals surface area contributed by atoms with Crippen LogP contribution >= 0.6 is 0 Å². The third kappa shape index (κ3) is 4.25. The fourth-order valence-electron chi connectivity index (χ4n) is 1.97. The van der Waals surface area contributed by atoms with Gasteiger partial charge in [-0.25, -0.2) is 4.79 Å². The van der Waals surface area contributed by atoms with Crippen LogP contribution in [0.2, 0.25) is 0 Å². The van der Waals surface area contributed by atoms with Crippen LogP contribution in [0.25, 0.3) is 16.8 Å².